The summed E-state index contributed by atoms with van der Waals surface area (Å²) < 4.78 is 5.55. The third-order valence-electron chi connectivity index (χ3n) is 5.87. The van der Waals surface area contributed by atoms with Gasteiger partial charge in [0.15, 0.2) is 0 Å². The molecule has 5 nitrogen and oxygen atoms in total. The molecular formula is C22H30N4O. The Morgan fingerprint density at radius 3 is 2.67 bits per heavy atom. The van der Waals surface area contributed by atoms with Crippen LogP contribution >= 0.6 is 0 Å². The van der Waals surface area contributed by atoms with Gasteiger partial charge in [-0.15, -0.1) is 0 Å². The van der Waals surface area contributed by atoms with Gasteiger partial charge in [-0.1, -0.05) is 18.2 Å². The van der Waals surface area contributed by atoms with Crippen LogP contribution in [0.1, 0.15) is 18.4 Å². The fourth-order valence-electron chi connectivity index (χ4n) is 4.44. The van der Waals surface area contributed by atoms with Gasteiger partial charge in [0, 0.05) is 57.7 Å². The Hall–Kier alpha value is -2.11. The maximum Gasteiger partial charge on any atom is 0.142 e. The first-order chi connectivity index (χ1) is 13.3. The maximum atomic E-state index is 5.55. The van der Waals surface area contributed by atoms with Crippen LogP contribution in [0.4, 0.5) is 5.69 Å². The zero-order valence-electron chi connectivity index (χ0n) is 16.3. The van der Waals surface area contributed by atoms with Gasteiger partial charge < -0.3 is 9.64 Å². The minimum Gasteiger partial charge on any atom is -0.495 e. The molecule has 0 N–H and O–H groups in total. The van der Waals surface area contributed by atoms with Gasteiger partial charge in [0.2, 0.25) is 0 Å². The Morgan fingerprint density at radius 2 is 1.89 bits per heavy atom. The average Bonchev–Trinajstić information content (AvgIpc) is 2.75. The van der Waals surface area contributed by atoms with E-state index < -0.39 is 0 Å². The molecule has 27 heavy (non-hydrogen) atoms. The number of ether oxygens (including phenoxy) is 1. The third kappa shape index (κ3) is 4.42. The van der Waals surface area contributed by atoms with Crippen molar-refractivity contribution in [2.75, 3.05) is 51.3 Å². The number of hydrogen-bond donors (Lipinski definition) is 0. The van der Waals surface area contributed by atoms with Gasteiger partial charge in [-0.3, -0.25) is 14.8 Å². The maximum absolute atomic E-state index is 5.55. The first-order valence-corrected chi connectivity index (χ1v) is 10.1. The monoisotopic (exact) mass is 366 g/mol. The number of pyridine rings is 1. The van der Waals surface area contributed by atoms with E-state index in [0.717, 1.165) is 38.5 Å². The highest BCUT2D eigenvalue weighted by molar-refractivity contribution is 5.58. The molecular weight excluding hydrogens is 336 g/mol. The number of anilines is 1. The fourth-order valence-corrected chi connectivity index (χ4v) is 4.44. The number of para-hydroxylation sites is 2. The molecule has 1 aromatic carbocycles. The largest absolute Gasteiger partial charge is 0.495 e. The number of likely N-dealkylation sites (tertiary alicyclic amines) is 1. The standard InChI is InChI=1S/C22H30N4O/c1-27-22-9-3-2-8-21(22)26-14-12-25(13-15-26)20-7-5-11-24(18-20)17-19-6-4-10-23-16-19/h2-4,6,8-10,16,20H,5,7,11-15,17-18H2,1H3/t20-/m1/s1. The van der Waals surface area contributed by atoms with Crippen molar-refractivity contribution >= 4 is 5.69 Å². The molecule has 0 saturated carbocycles. The number of nitrogens with zero attached hydrogens (tertiary/aromatic N) is 4. The Kier molecular flexibility index (Phi) is 5.90. The van der Waals surface area contributed by atoms with Crippen LogP contribution in [0.15, 0.2) is 48.8 Å². The number of hydrogen-bond acceptors (Lipinski definition) is 5. The van der Waals surface area contributed by atoms with E-state index in [9.17, 15) is 0 Å². The Balaban J connectivity index is 1.32. The molecule has 2 aliphatic heterocycles. The summed E-state index contributed by atoms with van der Waals surface area (Å²) >= 11 is 0. The van der Waals surface area contributed by atoms with Crippen molar-refractivity contribution in [2.24, 2.45) is 0 Å². The summed E-state index contributed by atoms with van der Waals surface area (Å²) in [5.74, 6) is 0.978. The zero-order valence-corrected chi connectivity index (χ0v) is 16.3. The number of benzene rings is 1. The second-order valence-electron chi connectivity index (χ2n) is 7.59. The Labute approximate surface area is 162 Å². The van der Waals surface area contributed by atoms with Crippen molar-refractivity contribution in [1.29, 1.82) is 0 Å². The molecule has 0 unspecified atom stereocenters. The van der Waals surface area contributed by atoms with E-state index in [0.29, 0.717) is 6.04 Å². The van der Waals surface area contributed by atoms with E-state index in [1.54, 1.807) is 7.11 Å². The van der Waals surface area contributed by atoms with Gasteiger partial charge >= 0.3 is 0 Å². The minimum absolute atomic E-state index is 0.676. The van der Waals surface area contributed by atoms with E-state index in [1.165, 1.54) is 37.2 Å². The quantitative estimate of drug-likeness (QED) is 0.812. The van der Waals surface area contributed by atoms with Crippen molar-refractivity contribution in [3.63, 3.8) is 0 Å². The summed E-state index contributed by atoms with van der Waals surface area (Å²) in [6.07, 6.45) is 6.45. The van der Waals surface area contributed by atoms with Gasteiger partial charge in [0.05, 0.1) is 12.8 Å². The summed E-state index contributed by atoms with van der Waals surface area (Å²) in [7, 11) is 1.76. The van der Waals surface area contributed by atoms with Gasteiger partial charge in [0.25, 0.3) is 0 Å². The van der Waals surface area contributed by atoms with E-state index >= 15 is 0 Å². The predicted octanol–water partition coefficient (Wildman–Crippen LogP) is 2.88. The highest BCUT2D eigenvalue weighted by Gasteiger charge is 2.28. The summed E-state index contributed by atoms with van der Waals surface area (Å²) in [6, 6.07) is 13.3. The highest BCUT2D eigenvalue weighted by Crippen LogP contribution is 2.29. The van der Waals surface area contributed by atoms with Crippen molar-refractivity contribution in [1.82, 2.24) is 14.8 Å². The molecule has 1 atom stereocenters. The zero-order chi connectivity index (χ0) is 18.5. The van der Waals surface area contributed by atoms with Gasteiger partial charge in [-0.05, 0) is 43.1 Å². The Bertz CT molecular complexity index is 715. The smallest absolute Gasteiger partial charge is 0.142 e. The third-order valence-corrected chi connectivity index (χ3v) is 5.87. The van der Waals surface area contributed by atoms with Crippen molar-refractivity contribution in [3.8, 4) is 5.75 Å². The molecule has 4 rings (SSSR count). The molecule has 0 bridgehead atoms. The van der Waals surface area contributed by atoms with Crippen LogP contribution in [-0.2, 0) is 6.54 Å². The van der Waals surface area contributed by atoms with Crippen LogP contribution in [-0.4, -0.2) is 67.2 Å². The molecule has 0 aliphatic carbocycles. The second-order valence-corrected chi connectivity index (χ2v) is 7.59. The predicted molar refractivity (Wildman–Crippen MR) is 109 cm³/mol. The lowest BCUT2D eigenvalue weighted by Gasteiger charge is -2.44. The summed E-state index contributed by atoms with van der Waals surface area (Å²) in [4.78, 5) is 12.0. The van der Waals surface area contributed by atoms with Crippen LogP contribution in [0, 0.1) is 0 Å². The molecule has 0 spiro atoms. The summed E-state index contributed by atoms with van der Waals surface area (Å²) in [5, 5.41) is 0. The molecule has 1 aromatic heterocycles. The number of methoxy groups -OCH3 is 1. The molecule has 0 amide bonds. The highest BCUT2D eigenvalue weighted by atomic mass is 16.5. The molecule has 0 radical (unpaired) electrons. The average molecular weight is 367 g/mol. The van der Waals surface area contributed by atoms with E-state index in [1.807, 2.05) is 24.5 Å². The topological polar surface area (TPSA) is 31.8 Å². The lowest BCUT2D eigenvalue weighted by molar-refractivity contribution is 0.0886. The first kappa shape index (κ1) is 18.3. The molecule has 2 fully saturated rings. The summed E-state index contributed by atoms with van der Waals surface area (Å²) in [6.45, 7) is 7.79. The van der Waals surface area contributed by atoms with Gasteiger partial charge in [-0.2, -0.15) is 0 Å². The molecule has 2 aromatic rings. The van der Waals surface area contributed by atoms with Crippen LogP contribution in [0.3, 0.4) is 0 Å². The Morgan fingerprint density at radius 1 is 1.04 bits per heavy atom. The minimum atomic E-state index is 0.676. The van der Waals surface area contributed by atoms with Gasteiger partial charge in [0.1, 0.15) is 5.75 Å². The lowest BCUT2D eigenvalue weighted by Crippen LogP contribution is -2.55. The normalized spacial score (nSPS) is 22.0. The van der Waals surface area contributed by atoms with Crippen LogP contribution in [0.2, 0.25) is 0 Å². The van der Waals surface area contributed by atoms with Crippen molar-refractivity contribution < 1.29 is 4.74 Å². The molecule has 2 aliphatic rings. The molecule has 5 heteroatoms. The number of rotatable bonds is 5. The van der Waals surface area contributed by atoms with E-state index in [2.05, 4.69) is 43.9 Å². The van der Waals surface area contributed by atoms with Crippen LogP contribution in [0.5, 0.6) is 5.75 Å². The summed E-state index contributed by atoms with van der Waals surface area (Å²) in [5.41, 5.74) is 2.54. The molecule has 144 valence electrons. The number of piperazine rings is 1. The van der Waals surface area contributed by atoms with Crippen LogP contribution in [0.25, 0.3) is 0 Å². The van der Waals surface area contributed by atoms with Crippen molar-refractivity contribution in [2.45, 2.75) is 25.4 Å². The van der Waals surface area contributed by atoms with Crippen molar-refractivity contribution in [3.05, 3.63) is 54.4 Å². The molecule has 3 heterocycles. The number of aromatic nitrogens is 1. The second kappa shape index (κ2) is 8.72. The number of piperidine rings is 1. The molecule has 2 saturated heterocycles. The SMILES string of the molecule is COc1ccccc1N1CCN([C@@H]2CCCN(Cc3cccnc3)C2)CC1. The van der Waals surface area contributed by atoms with E-state index in [4.69, 9.17) is 4.74 Å². The first-order valence-electron chi connectivity index (χ1n) is 10.1. The van der Waals surface area contributed by atoms with Gasteiger partial charge in [-0.25, -0.2) is 0 Å². The van der Waals surface area contributed by atoms with Crippen LogP contribution < -0.4 is 9.64 Å². The lowest BCUT2D eigenvalue weighted by atomic mass is 10.0. The fraction of sp³-hybridized carbons (Fsp3) is 0.500. The van der Waals surface area contributed by atoms with E-state index in [-0.39, 0.29) is 0 Å².